The normalized spacial score (nSPS) is 10.7. The minimum absolute atomic E-state index is 0.218. The summed E-state index contributed by atoms with van der Waals surface area (Å²) in [6, 6.07) is 20.9. The van der Waals surface area contributed by atoms with Gasteiger partial charge >= 0.3 is 0 Å². The lowest BCUT2D eigenvalue weighted by Crippen LogP contribution is -2.34. The number of anilines is 1. The van der Waals surface area contributed by atoms with Crippen molar-refractivity contribution >= 4 is 40.0 Å². The predicted molar refractivity (Wildman–Crippen MR) is 119 cm³/mol. The molecular formula is C23H19N3O2S. The number of aryl methyl sites for hydroxylation is 2. The van der Waals surface area contributed by atoms with Crippen LogP contribution in [-0.4, -0.2) is 16.0 Å². The first-order valence-corrected chi connectivity index (χ1v) is 9.56. The molecule has 0 saturated carbocycles. The zero-order valence-electron chi connectivity index (χ0n) is 16.0. The molecule has 2 N–H and O–H groups in total. The van der Waals surface area contributed by atoms with Gasteiger partial charge in [-0.1, -0.05) is 35.9 Å². The molecule has 0 unspecified atom stereocenters. The van der Waals surface area contributed by atoms with Gasteiger partial charge in [0.2, 0.25) is 5.89 Å². The fraction of sp³-hybridized carbons (Fsp3) is 0.0870. The van der Waals surface area contributed by atoms with Crippen molar-refractivity contribution in [1.29, 1.82) is 0 Å². The van der Waals surface area contributed by atoms with Crippen LogP contribution < -0.4 is 10.6 Å². The Hall–Kier alpha value is -3.51. The molecule has 1 aromatic heterocycles. The summed E-state index contributed by atoms with van der Waals surface area (Å²) >= 11 is 5.28. The summed E-state index contributed by atoms with van der Waals surface area (Å²) in [6.45, 7) is 3.92. The van der Waals surface area contributed by atoms with E-state index in [-0.39, 0.29) is 11.0 Å². The van der Waals surface area contributed by atoms with E-state index in [0.29, 0.717) is 22.7 Å². The number of amides is 1. The van der Waals surface area contributed by atoms with Crippen LogP contribution in [0, 0.1) is 13.8 Å². The largest absolute Gasteiger partial charge is 0.436 e. The molecule has 4 rings (SSSR count). The third kappa shape index (κ3) is 4.17. The van der Waals surface area contributed by atoms with Gasteiger partial charge in [-0.25, -0.2) is 4.98 Å². The van der Waals surface area contributed by atoms with E-state index >= 15 is 0 Å². The lowest BCUT2D eigenvalue weighted by Gasteiger charge is -2.10. The number of thiocarbonyl (C=S) groups is 1. The minimum atomic E-state index is -0.247. The van der Waals surface area contributed by atoms with E-state index in [4.69, 9.17) is 16.6 Å². The van der Waals surface area contributed by atoms with Crippen LogP contribution in [0.5, 0.6) is 0 Å². The Balaban J connectivity index is 1.49. The van der Waals surface area contributed by atoms with Crippen molar-refractivity contribution in [2.24, 2.45) is 0 Å². The fourth-order valence-corrected chi connectivity index (χ4v) is 3.19. The molecule has 0 aliphatic carbocycles. The molecule has 5 nitrogen and oxygen atoms in total. The summed E-state index contributed by atoms with van der Waals surface area (Å²) in [5, 5.41) is 5.95. The van der Waals surface area contributed by atoms with Crippen molar-refractivity contribution in [1.82, 2.24) is 10.3 Å². The first kappa shape index (κ1) is 18.8. The SMILES string of the molecule is Cc1ccc(-c2nc3ccc(NC(=S)NC(=O)c4ccccc4C)cc3o2)cc1. The molecule has 0 bridgehead atoms. The van der Waals surface area contributed by atoms with E-state index < -0.39 is 0 Å². The number of oxazole rings is 1. The zero-order valence-corrected chi connectivity index (χ0v) is 16.8. The van der Waals surface area contributed by atoms with Gasteiger partial charge in [0.25, 0.3) is 5.91 Å². The van der Waals surface area contributed by atoms with Crippen LogP contribution in [0.1, 0.15) is 21.5 Å². The third-order valence-corrected chi connectivity index (χ3v) is 4.77. The Kier molecular flexibility index (Phi) is 5.10. The maximum atomic E-state index is 12.4. The molecule has 4 aromatic rings. The number of hydrogen-bond acceptors (Lipinski definition) is 4. The van der Waals surface area contributed by atoms with Crippen LogP contribution in [0.2, 0.25) is 0 Å². The average Bonchev–Trinajstić information content (AvgIpc) is 3.12. The van der Waals surface area contributed by atoms with Gasteiger partial charge in [-0.2, -0.15) is 0 Å². The molecule has 1 heterocycles. The highest BCUT2D eigenvalue weighted by Crippen LogP contribution is 2.26. The van der Waals surface area contributed by atoms with Crippen molar-refractivity contribution in [3.8, 4) is 11.5 Å². The molecule has 0 fully saturated rings. The maximum absolute atomic E-state index is 12.4. The van der Waals surface area contributed by atoms with Crippen LogP contribution in [0.3, 0.4) is 0 Å². The zero-order chi connectivity index (χ0) is 20.4. The van der Waals surface area contributed by atoms with Gasteiger partial charge in [0.15, 0.2) is 10.7 Å². The molecular weight excluding hydrogens is 382 g/mol. The smallest absolute Gasteiger partial charge is 0.257 e. The van der Waals surface area contributed by atoms with E-state index in [9.17, 15) is 4.79 Å². The quantitative estimate of drug-likeness (QED) is 0.460. The second-order valence-electron chi connectivity index (χ2n) is 6.79. The topological polar surface area (TPSA) is 67.2 Å². The van der Waals surface area contributed by atoms with E-state index in [1.165, 1.54) is 5.56 Å². The lowest BCUT2D eigenvalue weighted by molar-refractivity contribution is 0.0977. The summed E-state index contributed by atoms with van der Waals surface area (Å²) in [5.41, 5.74) is 5.67. The standard InChI is InChI=1S/C23H19N3O2S/c1-14-7-9-16(10-8-14)22-25-19-12-11-17(13-20(19)28-22)24-23(29)26-21(27)18-6-4-3-5-15(18)2/h3-13H,1-2H3,(H2,24,26,27,29). The van der Waals surface area contributed by atoms with Crippen molar-refractivity contribution in [2.45, 2.75) is 13.8 Å². The highest BCUT2D eigenvalue weighted by Gasteiger charge is 2.12. The van der Waals surface area contributed by atoms with Gasteiger partial charge in [-0.3, -0.25) is 10.1 Å². The van der Waals surface area contributed by atoms with Crippen LogP contribution in [0.4, 0.5) is 5.69 Å². The molecule has 6 heteroatoms. The number of carbonyl (C=O) groups is 1. The Morgan fingerprint density at radius 3 is 2.52 bits per heavy atom. The first-order valence-electron chi connectivity index (χ1n) is 9.15. The summed E-state index contributed by atoms with van der Waals surface area (Å²) in [5.74, 6) is 0.315. The predicted octanol–water partition coefficient (Wildman–Crippen LogP) is 5.24. The second-order valence-corrected chi connectivity index (χ2v) is 7.20. The van der Waals surface area contributed by atoms with Gasteiger partial charge in [0.05, 0.1) is 0 Å². The number of nitrogens with zero attached hydrogens (tertiary/aromatic N) is 1. The van der Waals surface area contributed by atoms with Gasteiger partial charge < -0.3 is 9.73 Å². The van der Waals surface area contributed by atoms with Crippen LogP contribution in [-0.2, 0) is 0 Å². The number of fused-ring (bicyclic) bond motifs is 1. The summed E-state index contributed by atoms with van der Waals surface area (Å²) in [4.78, 5) is 16.9. The van der Waals surface area contributed by atoms with Crippen molar-refractivity contribution in [3.63, 3.8) is 0 Å². The summed E-state index contributed by atoms with van der Waals surface area (Å²) < 4.78 is 5.90. The highest BCUT2D eigenvalue weighted by molar-refractivity contribution is 7.80. The minimum Gasteiger partial charge on any atom is -0.436 e. The molecule has 0 spiro atoms. The Morgan fingerprint density at radius 2 is 1.76 bits per heavy atom. The number of hydrogen-bond donors (Lipinski definition) is 2. The van der Waals surface area contributed by atoms with Gasteiger partial charge in [-0.05, 0) is 62.0 Å². The molecule has 0 radical (unpaired) electrons. The molecule has 0 aliphatic rings. The second kappa shape index (κ2) is 7.85. The van der Waals surface area contributed by atoms with Gasteiger partial charge in [0.1, 0.15) is 5.52 Å². The summed E-state index contributed by atoms with van der Waals surface area (Å²) in [7, 11) is 0. The maximum Gasteiger partial charge on any atom is 0.257 e. The van der Waals surface area contributed by atoms with E-state index in [1.807, 2.05) is 74.5 Å². The van der Waals surface area contributed by atoms with E-state index in [2.05, 4.69) is 15.6 Å². The Morgan fingerprint density at radius 1 is 1.00 bits per heavy atom. The molecule has 0 aliphatic heterocycles. The molecule has 144 valence electrons. The van der Waals surface area contributed by atoms with E-state index in [0.717, 1.165) is 16.6 Å². The van der Waals surface area contributed by atoms with Crippen LogP contribution in [0.15, 0.2) is 71.1 Å². The molecule has 29 heavy (non-hydrogen) atoms. The number of nitrogens with one attached hydrogen (secondary N) is 2. The number of aromatic nitrogens is 1. The Labute approximate surface area is 173 Å². The van der Waals surface area contributed by atoms with Crippen molar-refractivity contribution in [2.75, 3.05) is 5.32 Å². The van der Waals surface area contributed by atoms with Crippen LogP contribution >= 0.6 is 12.2 Å². The van der Waals surface area contributed by atoms with Crippen molar-refractivity contribution in [3.05, 3.63) is 83.4 Å². The van der Waals surface area contributed by atoms with Gasteiger partial charge in [0, 0.05) is 22.9 Å². The molecule has 0 atom stereocenters. The fourth-order valence-electron chi connectivity index (χ4n) is 2.98. The number of benzene rings is 3. The monoisotopic (exact) mass is 401 g/mol. The highest BCUT2D eigenvalue weighted by atomic mass is 32.1. The first-order chi connectivity index (χ1) is 14.0. The molecule has 3 aromatic carbocycles. The van der Waals surface area contributed by atoms with Crippen molar-refractivity contribution < 1.29 is 9.21 Å². The average molecular weight is 401 g/mol. The number of carbonyl (C=O) groups excluding carboxylic acids is 1. The summed E-state index contributed by atoms with van der Waals surface area (Å²) in [6.07, 6.45) is 0. The Bertz CT molecular complexity index is 1210. The lowest BCUT2D eigenvalue weighted by atomic mass is 10.1. The number of rotatable bonds is 3. The third-order valence-electron chi connectivity index (χ3n) is 4.56. The molecule has 1 amide bonds. The molecule has 0 saturated heterocycles. The van der Waals surface area contributed by atoms with E-state index in [1.54, 1.807) is 6.07 Å². The van der Waals surface area contributed by atoms with Gasteiger partial charge in [-0.15, -0.1) is 0 Å². The van der Waals surface area contributed by atoms with Crippen LogP contribution in [0.25, 0.3) is 22.6 Å².